The fourth-order valence-electron chi connectivity index (χ4n) is 2.39. The Balaban J connectivity index is 1.82. The largest absolute Gasteiger partial charge is 0.434 e. The number of hydrogen-bond acceptors (Lipinski definition) is 3. The lowest BCUT2D eigenvalue weighted by molar-refractivity contribution is -0.0501. The maximum absolute atomic E-state index is 12.5. The molecule has 1 heterocycles. The Bertz CT molecular complexity index is 851. The van der Waals surface area contributed by atoms with Crippen molar-refractivity contribution in [2.75, 3.05) is 5.32 Å². The van der Waals surface area contributed by atoms with E-state index in [0.29, 0.717) is 12.2 Å². The average molecular weight is 343 g/mol. The highest BCUT2D eigenvalue weighted by Crippen LogP contribution is 2.23. The van der Waals surface area contributed by atoms with Crippen molar-refractivity contribution < 1.29 is 18.3 Å². The summed E-state index contributed by atoms with van der Waals surface area (Å²) in [5.74, 6) is -0.691. The minimum atomic E-state index is -3.00. The SMILES string of the molecule is O=C(Nc1ccccc1Cn1cccn1)c1ccccc1OC(F)F. The third kappa shape index (κ3) is 4.20. The number of carbonyl (C=O) groups excluding carboxylic acids is 1. The number of para-hydroxylation sites is 2. The zero-order valence-corrected chi connectivity index (χ0v) is 13.1. The Morgan fingerprint density at radius 2 is 1.88 bits per heavy atom. The highest BCUT2D eigenvalue weighted by molar-refractivity contribution is 6.06. The fourth-order valence-corrected chi connectivity index (χ4v) is 2.39. The molecule has 0 saturated heterocycles. The minimum absolute atomic E-state index is 0.0386. The van der Waals surface area contributed by atoms with Crippen molar-refractivity contribution in [1.82, 2.24) is 9.78 Å². The van der Waals surface area contributed by atoms with Gasteiger partial charge in [-0.1, -0.05) is 30.3 Å². The van der Waals surface area contributed by atoms with E-state index in [1.165, 1.54) is 18.2 Å². The van der Waals surface area contributed by atoms with E-state index in [-0.39, 0.29) is 11.3 Å². The lowest BCUT2D eigenvalue weighted by Gasteiger charge is -2.13. The number of amides is 1. The molecule has 0 aliphatic heterocycles. The summed E-state index contributed by atoms with van der Waals surface area (Å²) in [4.78, 5) is 12.5. The number of nitrogens with one attached hydrogen (secondary N) is 1. The number of carbonyl (C=O) groups is 1. The van der Waals surface area contributed by atoms with Gasteiger partial charge >= 0.3 is 6.61 Å². The van der Waals surface area contributed by atoms with Crippen molar-refractivity contribution in [3.8, 4) is 5.75 Å². The maximum Gasteiger partial charge on any atom is 0.387 e. The normalized spacial score (nSPS) is 10.7. The molecule has 3 rings (SSSR count). The van der Waals surface area contributed by atoms with E-state index < -0.39 is 12.5 Å². The van der Waals surface area contributed by atoms with E-state index in [2.05, 4.69) is 15.2 Å². The standard InChI is InChI=1S/C18H15F2N3O2/c19-18(20)25-16-9-4-2-7-14(16)17(24)22-15-8-3-1-6-13(15)12-23-11-5-10-21-23/h1-11,18H,12H2,(H,22,24). The Morgan fingerprint density at radius 3 is 2.64 bits per heavy atom. The van der Waals surface area contributed by atoms with Crippen LogP contribution in [0.4, 0.5) is 14.5 Å². The summed E-state index contributed by atoms with van der Waals surface area (Å²) in [7, 11) is 0. The molecule has 0 atom stereocenters. The van der Waals surface area contributed by atoms with Crippen LogP contribution in [0.5, 0.6) is 5.75 Å². The van der Waals surface area contributed by atoms with Crippen molar-refractivity contribution in [2.24, 2.45) is 0 Å². The molecule has 0 aliphatic rings. The van der Waals surface area contributed by atoms with Gasteiger partial charge in [0, 0.05) is 18.1 Å². The van der Waals surface area contributed by atoms with Crippen LogP contribution in [0, 0.1) is 0 Å². The van der Waals surface area contributed by atoms with Crippen molar-refractivity contribution in [3.05, 3.63) is 78.1 Å². The number of aromatic nitrogens is 2. The van der Waals surface area contributed by atoms with Crippen molar-refractivity contribution in [1.29, 1.82) is 0 Å². The van der Waals surface area contributed by atoms with E-state index in [1.54, 1.807) is 35.1 Å². The van der Waals surface area contributed by atoms with Gasteiger partial charge in [-0.15, -0.1) is 0 Å². The molecule has 128 valence electrons. The number of benzene rings is 2. The number of anilines is 1. The monoisotopic (exact) mass is 343 g/mol. The van der Waals surface area contributed by atoms with Gasteiger partial charge in [-0.3, -0.25) is 9.48 Å². The quantitative estimate of drug-likeness (QED) is 0.741. The van der Waals surface area contributed by atoms with Crippen molar-refractivity contribution in [2.45, 2.75) is 13.2 Å². The molecule has 5 nitrogen and oxygen atoms in total. The predicted molar refractivity (Wildman–Crippen MR) is 88.8 cm³/mol. The topological polar surface area (TPSA) is 56.2 Å². The third-order valence-corrected chi connectivity index (χ3v) is 3.50. The Morgan fingerprint density at radius 1 is 1.12 bits per heavy atom. The van der Waals surface area contributed by atoms with Gasteiger partial charge in [0.25, 0.3) is 5.91 Å². The van der Waals surface area contributed by atoms with Crippen LogP contribution in [0.15, 0.2) is 67.0 Å². The molecule has 1 N–H and O–H groups in total. The zero-order chi connectivity index (χ0) is 17.6. The van der Waals surface area contributed by atoms with Crippen LogP contribution < -0.4 is 10.1 Å². The van der Waals surface area contributed by atoms with Gasteiger partial charge in [-0.25, -0.2) is 0 Å². The van der Waals surface area contributed by atoms with E-state index in [1.807, 2.05) is 18.3 Å². The van der Waals surface area contributed by atoms with Crippen LogP contribution in [-0.4, -0.2) is 22.3 Å². The summed E-state index contributed by atoms with van der Waals surface area (Å²) in [5.41, 5.74) is 1.46. The van der Waals surface area contributed by atoms with Crippen LogP contribution in [0.1, 0.15) is 15.9 Å². The van der Waals surface area contributed by atoms with Gasteiger partial charge in [0.1, 0.15) is 5.75 Å². The Hall–Kier alpha value is -3.22. The highest BCUT2D eigenvalue weighted by Gasteiger charge is 2.16. The lowest BCUT2D eigenvalue weighted by Crippen LogP contribution is -2.16. The van der Waals surface area contributed by atoms with Gasteiger partial charge in [-0.2, -0.15) is 13.9 Å². The van der Waals surface area contributed by atoms with Crippen molar-refractivity contribution >= 4 is 11.6 Å². The summed E-state index contributed by atoms with van der Waals surface area (Å²) in [6.07, 6.45) is 3.48. The second-order valence-electron chi connectivity index (χ2n) is 5.19. The first-order valence-electron chi connectivity index (χ1n) is 7.54. The number of halogens is 2. The van der Waals surface area contributed by atoms with Crippen molar-refractivity contribution in [3.63, 3.8) is 0 Å². The molecule has 0 saturated carbocycles. The Labute approximate surface area is 142 Å². The molecule has 0 aliphatic carbocycles. The summed E-state index contributed by atoms with van der Waals surface area (Å²) in [6.45, 7) is -2.53. The smallest absolute Gasteiger partial charge is 0.387 e. The summed E-state index contributed by atoms with van der Waals surface area (Å²) >= 11 is 0. The van der Waals surface area contributed by atoms with Gasteiger partial charge in [0.2, 0.25) is 0 Å². The third-order valence-electron chi connectivity index (χ3n) is 3.50. The van der Waals surface area contributed by atoms with Crippen LogP contribution in [-0.2, 0) is 6.54 Å². The summed E-state index contributed by atoms with van der Waals surface area (Å²) in [5, 5.41) is 6.89. The molecule has 25 heavy (non-hydrogen) atoms. The molecule has 1 aromatic heterocycles. The minimum Gasteiger partial charge on any atom is -0.434 e. The molecular formula is C18H15F2N3O2. The molecule has 7 heteroatoms. The number of rotatable bonds is 6. The second-order valence-corrected chi connectivity index (χ2v) is 5.19. The van der Waals surface area contributed by atoms with Crippen LogP contribution in [0.3, 0.4) is 0 Å². The molecule has 0 unspecified atom stereocenters. The number of alkyl halides is 2. The van der Waals surface area contributed by atoms with E-state index in [9.17, 15) is 13.6 Å². The molecule has 0 radical (unpaired) electrons. The molecule has 0 bridgehead atoms. The molecular weight excluding hydrogens is 328 g/mol. The molecule has 3 aromatic rings. The lowest BCUT2D eigenvalue weighted by atomic mass is 10.1. The number of nitrogens with zero attached hydrogens (tertiary/aromatic N) is 2. The van der Waals surface area contributed by atoms with Crippen LogP contribution >= 0.6 is 0 Å². The zero-order valence-electron chi connectivity index (χ0n) is 13.1. The number of hydrogen-bond donors (Lipinski definition) is 1. The number of ether oxygens (including phenoxy) is 1. The van der Waals surface area contributed by atoms with E-state index >= 15 is 0 Å². The summed E-state index contributed by atoms with van der Waals surface area (Å²) in [6, 6.07) is 14.9. The average Bonchev–Trinajstić information content (AvgIpc) is 3.09. The fraction of sp³-hybridized carbons (Fsp3) is 0.111. The molecule has 2 aromatic carbocycles. The molecule has 0 fully saturated rings. The predicted octanol–water partition coefficient (Wildman–Crippen LogP) is 3.79. The second kappa shape index (κ2) is 7.57. The first-order valence-corrected chi connectivity index (χ1v) is 7.54. The van der Waals surface area contributed by atoms with Gasteiger partial charge in [0.05, 0.1) is 12.1 Å². The van der Waals surface area contributed by atoms with Gasteiger partial charge < -0.3 is 10.1 Å². The highest BCUT2D eigenvalue weighted by atomic mass is 19.3. The summed E-state index contributed by atoms with van der Waals surface area (Å²) < 4.78 is 31.1. The Kier molecular flexibility index (Phi) is 5.03. The van der Waals surface area contributed by atoms with Crippen LogP contribution in [0.2, 0.25) is 0 Å². The van der Waals surface area contributed by atoms with Gasteiger partial charge in [0.15, 0.2) is 0 Å². The van der Waals surface area contributed by atoms with E-state index in [0.717, 1.165) is 5.56 Å². The maximum atomic E-state index is 12.5. The first kappa shape index (κ1) is 16.6. The molecule has 0 spiro atoms. The van der Waals surface area contributed by atoms with Crippen LogP contribution in [0.25, 0.3) is 0 Å². The first-order chi connectivity index (χ1) is 12.1. The molecule has 1 amide bonds. The van der Waals surface area contributed by atoms with E-state index in [4.69, 9.17) is 0 Å². The van der Waals surface area contributed by atoms with Gasteiger partial charge in [-0.05, 0) is 29.8 Å².